The van der Waals surface area contributed by atoms with Gasteiger partial charge in [0.1, 0.15) is 19.3 Å². The predicted molar refractivity (Wildman–Crippen MR) is 418 cm³/mol. The highest BCUT2D eigenvalue weighted by Crippen LogP contribution is 2.45. The summed E-state index contributed by atoms with van der Waals surface area (Å²) in [5.41, 5.74) is 0. The predicted octanol–water partition coefficient (Wildman–Crippen LogP) is 25.1. The van der Waals surface area contributed by atoms with E-state index in [0.29, 0.717) is 25.7 Å². The molecule has 0 bridgehead atoms. The third kappa shape index (κ3) is 74.9. The first-order valence-electron chi connectivity index (χ1n) is 43.0. The summed E-state index contributed by atoms with van der Waals surface area (Å²) in [5.74, 6) is -0.565. The molecule has 102 heavy (non-hydrogen) atoms. The Hall–Kier alpha value is -1.94. The van der Waals surface area contributed by atoms with Gasteiger partial charge in [-0.1, -0.05) is 388 Å². The summed E-state index contributed by atoms with van der Waals surface area (Å²) in [6.45, 7) is 9.62. The molecule has 17 nitrogen and oxygen atoms in total. The molecule has 0 aliphatic carbocycles. The van der Waals surface area contributed by atoms with Crippen molar-refractivity contribution >= 4 is 39.5 Å². The van der Waals surface area contributed by atoms with Gasteiger partial charge >= 0.3 is 39.5 Å². The number of esters is 4. The van der Waals surface area contributed by atoms with Crippen LogP contribution in [0.25, 0.3) is 0 Å². The largest absolute Gasteiger partial charge is 0.472 e. The van der Waals surface area contributed by atoms with E-state index in [9.17, 15) is 43.2 Å². The molecule has 6 atom stereocenters. The van der Waals surface area contributed by atoms with Crippen LogP contribution in [0.2, 0.25) is 0 Å². The maximum Gasteiger partial charge on any atom is 0.472 e. The molecule has 0 aromatic carbocycles. The van der Waals surface area contributed by atoms with Crippen LogP contribution in [0, 0.1) is 11.8 Å². The lowest BCUT2D eigenvalue weighted by atomic mass is 10.00. The summed E-state index contributed by atoms with van der Waals surface area (Å²) >= 11 is 0. The highest BCUT2D eigenvalue weighted by atomic mass is 31.2. The first kappa shape index (κ1) is 100. The van der Waals surface area contributed by atoms with Gasteiger partial charge in [-0.25, -0.2) is 9.13 Å². The van der Waals surface area contributed by atoms with Gasteiger partial charge in [0.05, 0.1) is 26.4 Å². The first-order valence-corrected chi connectivity index (χ1v) is 46.0. The van der Waals surface area contributed by atoms with Crippen LogP contribution in [0.5, 0.6) is 0 Å². The molecule has 3 unspecified atom stereocenters. The molecule has 0 aliphatic rings. The van der Waals surface area contributed by atoms with Gasteiger partial charge in [-0.3, -0.25) is 37.3 Å². The summed E-state index contributed by atoms with van der Waals surface area (Å²) in [6, 6.07) is 0. The number of ether oxygens (including phenoxy) is 4. The fraction of sp³-hybridized carbons (Fsp3) is 0.952. The molecule has 0 aromatic heterocycles. The zero-order valence-electron chi connectivity index (χ0n) is 66.9. The summed E-state index contributed by atoms with van der Waals surface area (Å²) in [7, 11) is -9.92. The second kappa shape index (κ2) is 74.5. The van der Waals surface area contributed by atoms with Crippen LogP contribution in [0.15, 0.2) is 0 Å². The minimum Gasteiger partial charge on any atom is -0.462 e. The molecule has 606 valence electrons. The summed E-state index contributed by atoms with van der Waals surface area (Å²) in [5, 5.41) is 10.6. The van der Waals surface area contributed by atoms with Crippen molar-refractivity contribution in [1.82, 2.24) is 0 Å². The molecule has 19 heteroatoms. The van der Waals surface area contributed by atoms with Crippen molar-refractivity contribution in [2.45, 2.75) is 458 Å². The van der Waals surface area contributed by atoms with Crippen LogP contribution in [-0.2, 0) is 65.4 Å². The molecule has 0 amide bonds. The minimum atomic E-state index is -4.96. The quantitative estimate of drug-likeness (QED) is 0.0222. The number of aliphatic hydroxyl groups excluding tert-OH is 1. The van der Waals surface area contributed by atoms with Gasteiger partial charge in [0.25, 0.3) is 0 Å². The molecule has 0 rings (SSSR count). The van der Waals surface area contributed by atoms with Crippen LogP contribution >= 0.6 is 15.6 Å². The van der Waals surface area contributed by atoms with Crippen molar-refractivity contribution in [3.05, 3.63) is 0 Å². The SMILES string of the molecule is CCCCCCCCCCCCCCCCCCCCCCCCC(=O)O[C@H](COC(=O)CCCCCCCCCCCCCCCCCCC(C)C)COP(=O)(O)OC[C@@H](O)COP(=O)(O)OC[C@@H](COC(=O)CCCCCCCCC(C)CC)OC(=O)CCCCCCCCCCCCC. The van der Waals surface area contributed by atoms with E-state index in [4.69, 9.17) is 37.0 Å². The number of carbonyl (C=O) groups excluding carboxylic acids is 4. The lowest BCUT2D eigenvalue weighted by molar-refractivity contribution is -0.161. The van der Waals surface area contributed by atoms with Crippen molar-refractivity contribution in [3.63, 3.8) is 0 Å². The van der Waals surface area contributed by atoms with Gasteiger partial charge in [0.2, 0.25) is 0 Å². The molecule has 0 heterocycles. The highest BCUT2D eigenvalue weighted by molar-refractivity contribution is 7.47. The van der Waals surface area contributed by atoms with Crippen LogP contribution in [0.1, 0.15) is 440 Å². The fourth-order valence-electron chi connectivity index (χ4n) is 12.9. The number of phosphoric ester groups is 2. The number of unbranched alkanes of at least 4 members (excludes halogenated alkanes) is 51. The summed E-state index contributed by atoms with van der Waals surface area (Å²) in [4.78, 5) is 73.0. The third-order valence-electron chi connectivity index (χ3n) is 19.8. The number of hydrogen-bond donors (Lipinski definition) is 3. The number of aliphatic hydroxyl groups is 1. The van der Waals surface area contributed by atoms with E-state index in [2.05, 4.69) is 41.5 Å². The molecule has 0 aliphatic heterocycles. The lowest BCUT2D eigenvalue weighted by Crippen LogP contribution is -2.30. The third-order valence-corrected chi connectivity index (χ3v) is 21.7. The number of phosphoric acid groups is 2. The summed E-state index contributed by atoms with van der Waals surface area (Å²) < 4.78 is 68.7. The fourth-order valence-corrected chi connectivity index (χ4v) is 14.4. The Labute approximate surface area is 626 Å². The number of hydrogen-bond acceptors (Lipinski definition) is 15. The van der Waals surface area contributed by atoms with Gasteiger partial charge in [-0.15, -0.1) is 0 Å². The van der Waals surface area contributed by atoms with Crippen molar-refractivity contribution in [2.24, 2.45) is 11.8 Å². The van der Waals surface area contributed by atoms with Crippen LogP contribution in [-0.4, -0.2) is 96.7 Å². The minimum absolute atomic E-state index is 0.106. The monoisotopic (exact) mass is 1490 g/mol. The Balaban J connectivity index is 5.19. The summed E-state index contributed by atoms with van der Waals surface area (Å²) in [6.07, 6.45) is 65.4. The van der Waals surface area contributed by atoms with Crippen LogP contribution < -0.4 is 0 Å². The molecular formula is C83H162O17P2. The van der Waals surface area contributed by atoms with Crippen molar-refractivity contribution in [3.8, 4) is 0 Å². The van der Waals surface area contributed by atoms with E-state index >= 15 is 0 Å². The van der Waals surface area contributed by atoms with E-state index in [1.807, 2.05) is 0 Å². The molecule has 0 aromatic rings. The van der Waals surface area contributed by atoms with E-state index in [0.717, 1.165) is 108 Å². The number of rotatable bonds is 82. The zero-order valence-corrected chi connectivity index (χ0v) is 68.7. The topological polar surface area (TPSA) is 237 Å². The van der Waals surface area contributed by atoms with Crippen LogP contribution in [0.4, 0.5) is 0 Å². The molecule has 3 N–H and O–H groups in total. The van der Waals surface area contributed by atoms with Gasteiger partial charge in [0, 0.05) is 25.7 Å². The van der Waals surface area contributed by atoms with Crippen molar-refractivity contribution in [1.29, 1.82) is 0 Å². The maximum atomic E-state index is 13.1. The Morgan fingerprint density at radius 1 is 0.284 bits per heavy atom. The van der Waals surface area contributed by atoms with Crippen molar-refractivity contribution < 1.29 is 80.2 Å². The average Bonchev–Trinajstić information content (AvgIpc) is 0.911. The smallest absolute Gasteiger partial charge is 0.462 e. The van der Waals surface area contributed by atoms with Crippen LogP contribution in [0.3, 0.4) is 0 Å². The molecule has 0 fully saturated rings. The standard InChI is InChI=1S/C83H162O17P2/c1-7-10-12-14-16-18-20-21-22-23-24-25-26-27-28-33-36-40-44-48-56-62-68-83(88)99-78(71-93-80(85)65-59-53-46-42-39-35-32-30-29-31-34-38-41-45-51-57-63-75(4)5)73-97-101(89,90)95-69-77(84)70-96-102(91,92)98-74-79(72-94-81(86)66-60-54-50-49-52-58-64-76(6)9-3)100-82(87)67-61-55-47-43-37-19-17-15-13-11-8-2/h75-79,84H,7-74H2,1-6H3,(H,89,90)(H,91,92)/t76?,77-,78-,79-/m1/s1. The Kier molecular flexibility index (Phi) is 73.1. The molecular weight excluding hydrogens is 1330 g/mol. The van der Waals surface area contributed by atoms with Gasteiger partial charge in [-0.05, 0) is 37.5 Å². The van der Waals surface area contributed by atoms with Gasteiger partial charge < -0.3 is 33.8 Å². The molecule has 0 radical (unpaired) electrons. The second-order valence-corrected chi connectivity index (χ2v) is 33.5. The normalized spacial score (nSPS) is 14.1. The first-order chi connectivity index (χ1) is 49.4. The Morgan fingerprint density at radius 3 is 0.745 bits per heavy atom. The Morgan fingerprint density at radius 2 is 0.500 bits per heavy atom. The molecule has 0 saturated carbocycles. The van der Waals surface area contributed by atoms with E-state index in [1.165, 1.54) is 250 Å². The van der Waals surface area contributed by atoms with E-state index in [-0.39, 0.29) is 25.7 Å². The van der Waals surface area contributed by atoms with Gasteiger partial charge in [-0.2, -0.15) is 0 Å². The molecule has 0 spiro atoms. The maximum absolute atomic E-state index is 13.1. The molecule has 0 saturated heterocycles. The Bertz CT molecular complexity index is 1960. The highest BCUT2D eigenvalue weighted by Gasteiger charge is 2.30. The van der Waals surface area contributed by atoms with Gasteiger partial charge in [0.15, 0.2) is 12.2 Å². The van der Waals surface area contributed by atoms with E-state index < -0.39 is 97.5 Å². The van der Waals surface area contributed by atoms with Crippen molar-refractivity contribution in [2.75, 3.05) is 39.6 Å². The van der Waals surface area contributed by atoms with E-state index in [1.54, 1.807) is 0 Å². The second-order valence-electron chi connectivity index (χ2n) is 30.6. The number of carbonyl (C=O) groups is 4. The lowest BCUT2D eigenvalue weighted by Gasteiger charge is -2.21. The zero-order chi connectivity index (χ0) is 74.9. The average molecular weight is 1490 g/mol.